The van der Waals surface area contributed by atoms with Crippen LogP contribution in [0.5, 0.6) is 0 Å². The van der Waals surface area contributed by atoms with Gasteiger partial charge in [-0.3, -0.25) is 0 Å². The summed E-state index contributed by atoms with van der Waals surface area (Å²) >= 11 is 0. The van der Waals surface area contributed by atoms with Crippen LogP contribution < -0.4 is 10.6 Å². The summed E-state index contributed by atoms with van der Waals surface area (Å²) in [4.78, 5) is 8.27. The van der Waals surface area contributed by atoms with Crippen molar-refractivity contribution >= 4 is 17.3 Å². The van der Waals surface area contributed by atoms with Crippen LogP contribution in [0.25, 0.3) is 5.65 Å². The van der Waals surface area contributed by atoms with Gasteiger partial charge in [0.25, 0.3) is 0 Å². The summed E-state index contributed by atoms with van der Waals surface area (Å²) in [5, 5.41) is 5.69. The normalized spacial score (nSPS) is 11.8. The molecule has 0 saturated heterocycles. The maximum absolute atomic E-state index is 12.1. The lowest BCUT2D eigenvalue weighted by molar-refractivity contribution is -0.131. The molecule has 8 heteroatoms. The van der Waals surface area contributed by atoms with Crippen LogP contribution >= 0.6 is 0 Å². The van der Waals surface area contributed by atoms with E-state index < -0.39 is 12.6 Å². The molecule has 0 aromatic carbocycles. The zero-order valence-corrected chi connectivity index (χ0v) is 10.3. The SMILES string of the molecule is CCNc1cn2ccnc2c(NCCC(F)(F)F)n1. The first-order chi connectivity index (χ1) is 8.99. The fraction of sp³-hybridized carbons (Fsp3) is 0.455. The molecule has 0 spiro atoms. The molecule has 2 aromatic heterocycles. The van der Waals surface area contributed by atoms with Crippen LogP contribution in [0.3, 0.4) is 0 Å². The van der Waals surface area contributed by atoms with E-state index in [1.165, 1.54) is 0 Å². The Kier molecular flexibility index (Phi) is 3.77. The lowest BCUT2D eigenvalue weighted by Gasteiger charge is -2.11. The van der Waals surface area contributed by atoms with Crippen LogP contribution in [0.15, 0.2) is 18.6 Å². The molecule has 0 unspecified atom stereocenters. The number of fused-ring (bicyclic) bond motifs is 1. The number of alkyl halides is 3. The molecule has 2 aromatic rings. The first kappa shape index (κ1) is 13.4. The van der Waals surface area contributed by atoms with E-state index in [9.17, 15) is 13.2 Å². The maximum atomic E-state index is 12.1. The van der Waals surface area contributed by atoms with Crippen LogP contribution in [-0.4, -0.2) is 33.6 Å². The van der Waals surface area contributed by atoms with Gasteiger partial charge in [-0.15, -0.1) is 0 Å². The van der Waals surface area contributed by atoms with Crippen molar-refractivity contribution in [3.05, 3.63) is 18.6 Å². The molecule has 0 aliphatic carbocycles. The van der Waals surface area contributed by atoms with Crippen molar-refractivity contribution in [3.63, 3.8) is 0 Å². The number of aromatic nitrogens is 3. The van der Waals surface area contributed by atoms with E-state index in [4.69, 9.17) is 0 Å². The van der Waals surface area contributed by atoms with Crippen molar-refractivity contribution in [1.29, 1.82) is 0 Å². The Morgan fingerprint density at radius 1 is 1.32 bits per heavy atom. The minimum Gasteiger partial charge on any atom is -0.369 e. The van der Waals surface area contributed by atoms with Crippen LogP contribution in [0.4, 0.5) is 24.8 Å². The number of hydrogen-bond donors (Lipinski definition) is 2. The summed E-state index contributed by atoms with van der Waals surface area (Å²) in [6.07, 6.45) is -0.0692. The van der Waals surface area contributed by atoms with Gasteiger partial charge in [-0.25, -0.2) is 9.97 Å². The van der Waals surface area contributed by atoms with Gasteiger partial charge < -0.3 is 15.0 Å². The van der Waals surface area contributed by atoms with Gasteiger partial charge in [-0.05, 0) is 6.92 Å². The smallest absolute Gasteiger partial charge is 0.369 e. The highest BCUT2D eigenvalue weighted by atomic mass is 19.4. The number of anilines is 2. The zero-order chi connectivity index (χ0) is 13.9. The predicted molar refractivity (Wildman–Crippen MR) is 66.3 cm³/mol. The van der Waals surface area contributed by atoms with Gasteiger partial charge in [0.05, 0.1) is 12.6 Å². The van der Waals surface area contributed by atoms with E-state index in [2.05, 4.69) is 20.6 Å². The molecule has 19 heavy (non-hydrogen) atoms. The highest BCUT2D eigenvalue weighted by Gasteiger charge is 2.26. The molecule has 0 radical (unpaired) electrons. The second kappa shape index (κ2) is 5.33. The topological polar surface area (TPSA) is 54.2 Å². The van der Waals surface area contributed by atoms with Crippen molar-refractivity contribution < 1.29 is 13.2 Å². The fourth-order valence-corrected chi connectivity index (χ4v) is 1.64. The van der Waals surface area contributed by atoms with Gasteiger partial charge in [0.1, 0.15) is 5.82 Å². The second-order valence-corrected chi connectivity index (χ2v) is 3.96. The molecule has 0 saturated carbocycles. The summed E-state index contributed by atoms with van der Waals surface area (Å²) < 4.78 is 38.1. The van der Waals surface area contributed by atoms with Crippen LogP contribution in [0, 0.1) is 0 Å². The number of rotatable bonds is 5. The Morgan fingerprint density at radius 3 is 2.79 bits per heavy atom. The number of imidazole rings is 1. The second-order valence-electron chi connectivity index (χ2n) is 3.96. The minimum atomic E-state index is -4.18. The lowest BCUT2D eigenvalue weighted by Crippen LogP contribution is -2.16. The maximum Gasteiger partial charge on any atom is 0.390 e. The molecule has 104 valence electrons. The Balaban J connectivity index is 2.18. The molecule has 2 rings (SSSR count). The summed E-state index contributed by atoms with van der Waals surface area (Å²) in [5.41, 5.74) is 0.504. The van der Waals surface area contributed by atoms with Crippen molar-refractivity contribution in [2.45, 2.75) is 19.5 Å². The monoisotopic (exact) mass is 273 g/mol. The Hall–Kier alpha value is -1.99. The fourth-order valence-electron chi connectivity index (χ4n) is 1.64. The van der Waals surface area contributed by atoms with Gasteiger partial charge in [0.2, 0.25) is 0 Å². The van der Waals surface area contributed by atoms with E-state index in [0.29, 0.717) is 23.8 Å². The average Bonchev–Trinajstić information content (AvgIpc) is 2.76. The number of nitrogens with one attached hydrogen (secondary N) is 2. The standard InChI is InChI=1S/C11H14F3N5/c1-2-15-8-7-19-6-5-17-10(19)9(18-8)16-4-3-11(12,13)14/h5-7,15H,2-4H2,1H3,(H,16,18). The third kappa shape index (κ3) is 3.49. The van der Waals surface area contributed by atoms with Crippen molar-refractivity contribution in [2.24, 2.45) is 0 Å². The molecular formula is C11H14F3N5. The van der Waals surface area contributed by atoms with E-state index in [-0.39, 0.29) is 6.54 Å². The number of hydrogen-bond acceptors (Lipinski definition) is 4. The van der Waals surface area contributed by atoms with E-state index >= 15 is 0 Å². The highest BCUT2D eigenvalue weighted by molar-refractivity contribution is 5.65. The van der Waals surface area contributed by atoms with Gasteiger partial charge >= 0.3 is 6.18 Å². The molecule has 0 amide bonds. The van der Waals surface area contributed by atoms with Crippen LogP contribution in [-0.2, 0) is 0 Å². The van der Waals surface area contributed by atoms with Crippen molar-refractivity contribution in [3.8, 4) is 0 Å². The minimum absolute atomic E-state index is 0.228. The summed E-state index contributed by atoms with van der Waals surface area (Å²) in [6, 6.07) is 0. The van der Waals surface area contributed by atoms with Gasteiger partial charge in [0.15, 0.2) is 11.5 Å². The third-order valence-corrected chi connectivity index (χ3v) is 2.43. The largest absolute Gasteiger partial charge is 0.390 e. The molecule has 2 N–H and O–H groups in total. The Morgan fingerprint density at radius 2 is 2.11 bits per heavy atom. The molecule has 0 fully saturated rings. The quantitative estimate of drug-likeness (QED) is 0.879. The number of halogens is 3. The third-order valence-electron chi connectivity index (χ3n) is 2.43. The van der Waals surface area contributed by atoms with Gasteiger partial charge in [-0.2, -0.15) is 13.2 Å². The molecule has 0 bridgehead atoms. The Bertz CT molecular complexity index is 549. The summed E-state index contributed by atoms with van der Waals surface area (Å²) in [5.74, 6) is 0.926. The van der Waals surface area contributed by atoms with E-state index in [1.807, 2.05) is 6.92 Å². The Labute approximate surface area is 107 Å². The predicted octanol–water partition coefficient (Wildman–Crippen LogP) is 2.53. The molecule has 0 aliphatic heterocycles. The molecular weight excluding hydrogens is 259 g/mol. The molecule has 5 nitrogen and oxygen atoms in total. The highest BCUT2D eigenvalue weighted by Crippen LogP contribution is 2.21. The van der Waals surface area contributed by atoms with Gasteiger partial charge in [0, 0.05) is 25.5 Å². The van der Waals surface area contributed by atoms with Crippen LogP contribution in [0.2, 0.25) is 0 Å². The van der Waals surface area contributed by atoms with Crippen molar-refractivity contribution in [1.82, 2.24) is 14.4 Å². The first-order valence-corrected chi connectivity index (χ1v) is 5.88. The van der Waals surface area contributed by atoms with Crippen LogP contribution in [0.1, 0.15) is 13.3 Å². The summed E-state index contributed by atoms with van der Waals surface area (Å²) in [6.45, 7) is 2.36. The van der Waals surface area contributed by atoms with E-state index in [0.717, 1.165) is 0 Å². The van der Waals surface area contributed by atoms with Gasteiger partial charge in [-0.1, -0.05) is 0 Å². The lowest BCUT2D eigenvalue weighted by atomic mass is 10.4. The van der Waals surface area contributed by atoms with E-state index in [1.54, 1.807) is 23.0 Å². The summed E-state index contributed by atoms with van der Waals surface area (Å²) in [7, 11) is 0. The zero-order valence-electron chi connectivity index (χ0n) is 10.3. The molecule has 0 atom stereocenters. The first-order valence-electron chi connectivity index (χ1n) is 5.88. The molecule has 2 heterocycles. The molecule has 0 aliphatic rings. The average molecular weight is 273 g/mol. The number of nitrogens with zero attached hydrogens (tertiary/aromatic N) is 3. The van der Waals surface area contributed by atoms with Crippen molar-refractivity contribution in [2.75, 3.05) is 23.7 Å².